The minimum Gasteiger partial charge on any atom is -0.503 e. The highest BCUT2D eigenvalue weighted by Crippen LogP contribution is 2.41. The van der Waals surface area contributed by atoms with Gasteiger partial charge in [0.25, 0.3) is 5.91 Å². The normalized spacial score (nSPS) is 17.8. The molecule has 1 aromatic carbocycles. The molecule has 2 aliphatic rings. The van der Waals surface area contributed by atoms with Crippen LogP contribution < -0.4 is 11.1 Å². The molecule has 1 aliphatic heterocycles. The number of rotatable bonds is 6. The lowest BCUT2D eigenvalue weighted by atomic mass is 10.1. The largest absolute Gasteiger partial charge is 0.503 e. The van der Waals surface area contributed by atoms with Crippen LogP contribution in [0.3, 0.4) is 0 Å². The molecule has 0 spiro atoms. The number of likely N-dealkylation sites (tertiary alicyclic amines) is 1. The molecule has 12 heteroatoms. The Kier molecular flexibility index (Phi) is 6.59. The summed E-state index contributed by atoms with van der Waals surface area (Å²) in [6.07, 6.45) is 4.91. The molecule has 39 heavy (non-hydrogen) atoms. The van der Waals surface area contributed by atoms with E-state index in [2.05, 4.69) is 33.8 Å². The van der Waals surface area contributed by atoms with Crippen molar-refractivity contribution in [2.75, 3.05) is 26.0 Å². The van der Waals surface area contributed by atoms with Crippen LogP contribution in [0.4, 0.5) is 14.6 Å². The van der Waals surface area contributed by atoms with Crippen molar-refractivity contribution in [3.8, 4) is 11.8 Å². The van der Waals surface area contributed by atoms with Gasteiger partial charge in [-0.3, -0.25) is 9.59 Å². The summed E-state index contributed by atoms with van der Waals surface area (Å²) < 4.78 is 38.8. The van der Waals surface area contributed by atoms with Gasteiger partial charge in [0.2, 0.25) is 5.91 Å². The minimum atomic E-state index is -0.877. The van der Waals surface area contributed by atoms with E-state index in [1.54, 1.807) is 18.7 Å². The van der Waals surface area contributed by atoms with Crippen LogP contribution in [0.5, 0.6) is 0 Å². The molecule has 0 unspecified atom stereocenters. The first-order chi connectivity index (χ1) is 18.7. The monoisotopic (exact) mass is 535 g/mol. The van der Waals surface area contributed by atoms with E-state index in [9.17, 15) is 9.59 Å². The summed E-state index contributed by atoms with van der Waals surface area (Å²) >= 11 is 0. The van der Waals surface area contributed by atoms with Crippen LogP contribution in [-0.2, 0) is 16.6 Å². The number of allylic oxidation sites excluding steroid dienone is 1. The number of methoxy groups -OCH3 is 1. The first-order valence-corrected chi connectivity index (χ1v) is 12.3. The van der Waals surface area contributed by atoms with Crippen molar-refractivity contribution in [3.05, 3.63) is 65.0 Å². The molecule has 0 radical (unpaired) electrons. The summed E-state index contributed by atoms with van der Waals surface area (Å²) in [5.41, 5.74) is 6.07. The number of hydrogen-bond acceptors (Lipinski definition) is 6. The summed E-state index contributed by atoms with van der Waals surface area (Å²) in [6, 6.07) is 0.798. The number of aromatic nitrogens is 4. The lowest BCUT2D eigenvalue weighted by Gasteiger charge is -2.16. The maximum Gasteiger partial charge on any atom is 0.255 e. The summed E-state index contributed by atoms with van der Waals surface area (Å²) in [4.78, 5) is 30.7. The van der Waals surface area contributed by atoms with Gasteiger partial charge in [-0.1, -0.05) is 12.5 Å². The number of carbonyl (C=O) groups excluding carboxylic acids is 2. The van der Waals surface area contributed by atoms with Crippen LogP contribution in [0.1, 0.15) is 58.7 Å². The first-order valence-electron chi connectivity index (χ1n) is 12.3. The van der Waals surface area contributed by atoms with E-state index in [1.165, 1.54) is 35.1 Å². The molecule has 2 fully saturated rings. The van der Waals surface area contributed by atoms with Crippen LogP contribution >= 0.6 is 0 Å². The third-order valence-corrected chi connectivity index (χ3v) is 6.97. The Morgan fingerprint density at radius 3 is 2.67 bits per heavy atom. The van der Waals surface area contributed by atoms with E-state index in [-0.39, 0.29) is 41.0 Å². The van der Waals surface area contributed by atoms with E-state index >= 15 is 8.78 Å². The molecule has 2 amide bonds. The number of amides is 2. The van der Waals surface area contributed by atoms with Gasteiger partial charge >= 0.3 is 0 Å². The topological polar surface area (TPSA) is 120 Å². The second-order valence-electron chi connectivity index (χ2n) is 9.46. The Morgan fingerprint density at radius 1 is 1.31 bits per heavy atom. The SMILES string of the molecule is C=CC(=O)N1C[C@@H](n2nc(C#Cc3c(F)cc4c(nc(C5CC5)n4C)c3F)c(C(N)=O)c2NC)C/C1=C\OC. The number of anilines is 1. The van der Waals surface area contributed by atoms with E-state index in [1.807, 2.05) is 0 Å². The number of halogens is 2. The van der Waals surface area contributed by atoms with Crippen LogP contribution in [-0.4, -0.2) is 56.7 Å². The highest BCUT2D eigenvalue weighted by molar-refractivity contribution is 6.00. The molecular weight excluding hydrogens is 508 g/mol. The molecule has 3 aromatic rings. The maximum absolute atomic E-state index is 15.4. The average Bonchev–Trinajstić information content (AvgIpc) is 3.42. The molecule has 1 atom stereocenters. The van der Waals surface area contributed by atoms with Crippen molar-refractivity contribution in [2.24, 2.45) is 12.8 Å². The van der Waals surface area contributed by atoms with Gasteiger partial charge in [-0.25, -0.2) is 18.4 Å². The Morgan fingerprint density at radius 2 is 2.05 bits per heavy atom. The number of fused-ring (bicyclic) bond motifs is 1. The number of carbonyl (C=O) groups is 2. The Hall–Kier alpha value is -4.66. The van der Waals surface area contributed by atoms with Gasteiger partial charge in [-0.15, -0.1) is 0 Å². The lowest BCUT2D eigenvalue weighted by molar-refractivity contribution is -0.123. The van der Waals surface area contributed by atoms with Crippen molar-refractivity contribution in [3.63, 3.8) is 0 Å². The highest BCUT2D eigenvalue weighted by atomic mass is 19.1. The third kappa shape index (κ3) is 4.39. The van der Waals surface area contributed by atoms with Crippen molar-refractivity contribution < 1.29 is 23.1 Å². The highest BCUT2D eigenvalue weighted by Gasteiger charge is 2.35. The fourth-order valence-electron chi connectivity index (χ4n) is 4.97. The number of hydrogen-bond donors (Lipinski definition) is 2. The van der Waals surface area contributed by atoms with Crippen molar-refractivity contribution in [1.29, 1.82) is 0 Å². The second kappa shape index (κ2) is 9.90. The Labute approximate surface area is 223 Å². The fraction of sp³-hybridized carbons (Fsp3) is 0.333. The van der Waals surface area contributed by atoms with Gasteiger partial charge < -0.3 is 25.3 Å². The molecule has 3 N–H and O–H groups in total. The molecule has 202 valence electrons. The standard InChI is InChI=1S/C27H27F2N7O3/c1-5-21(37)35-12-15(10-16(35)13-39-4)36-27(31-2)22(25(30)38)19(33-36)9-8-17-18(28)11-20-24(23(17)29)32-26(34(20)3)14-6-7-14/h5,11,13-15,31H,1,6-7,10,12H2,2-4H3,(H2,30,38)/b16-13+/t15-/m0/s1. The predicted molar refractivity (Wildman–Crippen MR) is 140 cm³/mol. The predicted octanol–water partition coefficient (Wildman–Crippen LogP) is 2.91. The molecular formula is C27H27F2N7O3. The Bertz CT molecular complexity index is 1620. The van der Waals surface area contributed by atoms with Gasteiger partial charge in [0, 0.05) is 39.0 Å². The third-order valence-electron chi connectivity index (χ3n) is 6.97. The number of primary amides is 1. The van der Waals surface area contributed by atoms with Crippen molar-refractivity contribution in [1.82, 2.24) is 24.2 Å². The smallest absolute Gasteiger partial charge is 0.255 e. The van der Waals surface area contributed by atoms with Crippen molar-refractivity contribution >= 4 is 28.7 Å². The molecule has 5 rings (SSSR count). The van der Waals surface area contributed by atoms with E-state index in [0.29, 0.717) is 23.5 Å². The zero-order valence-corrected chi connectivity index (χ0v) is 21.7. The van der Waals surface area contributed by atoms with Gasteiger partial charge in [0.15, 0.2) is 11.5 Å². The molecule has 1 aliphatic carbocycles. The summed E-state index contributed by atoms with van der Waals surface area (Å²) in [6.45, 7) is 3.75. The summed E-state index contributed by atoms with van der Waals surface area (Å²) in [7, 11) is 4.78. The number of nitrogens with two attached hydrogens (primary N) is 1. The fourth-order valence-corrected chi connectivity index (χ4v) is 4.97. The molecule has 1 saturated carbocycles. The second-order valence-corrected chi connectivity index (χ2v) is 9.46. The van der Waals surface area contributed by atoms with Crippen LogP contribution in [0.15, 0.2) is 30.7 Å². The molecule has 2 aromatic heterocycles. The van der Waals surface area contributed by atoms with Gasteiger partial charge in [-0.2, -0.15) is 5.10 Å². The van der Waals surface area contributed by atoms with Crippen LogP contribution in [0.25, 0.3) is 11.0 Å². The zero-order valence-electron chi connectivity index (χ0n) is 21.7. The van der Waals surface area contributed by atoms with E-state index in [4.69, 9.17) is 10.5 Å². The van der Waals surface area contributed by atoms with Gasteiger partial charge in [-0.05, 0) is 24.8 Å². The molecule has 3 heterocycles. The van der Waals surface area contributed by atoms with Crippen molar-refractivity contribution in [2.45, 2.75) is 31.2 Å². The average molecular weight is 536 g/mol. The number of aryl methyl sites for hydroxylation is 1. The number of nitrogens with one attached hydrogen (secondary N) is 1. The van der Waals surface area contributed by atoms with E-state index in [0.717, 1.165) is 12.8 Å². The number of imidazole rings is 1. The molecule has 1 saturated heterocycles. The number of ether oxygens (including phenoxy) is 1. The Balaban J connectivity index is 1.58. The summed E-state index contributed by atoms with van der Waals surface area (Å²) in [5, 5.41) is 7.38. The lowest BCUT2D eigenvalue weighted by Crippen LogP contribution is -2.27. The first kappa shape index (κ1) is 26.0. The number of nitrogens with zero attached hydrogens (tertiary/aromatic N) is 5. The quantitative estimate of drug-likeness (QED) is 0.285. The van der Waals surface area contributed by atoms with Crippen LogP contribution in [0, 0.1) is 23.5 Å². The van der Waals surface area contributed by atoms with E-state index < -0.39 is 29.1 Å². The van der Waals surface area contributed by atoms with Gasteiger partial charge in [0.05, 0.1) is 29.9 Å². The molecule has 10 nitrogen and oxygen atoms in total. The number of benzene rings is 1. The molecule has 0 bridgehead atoms. The van der Waals surface area contributed by atoms with Crippen LogP contribution in [0.2, 0.25) is 0 Å². The van der Waals surface area contributed by atoms with Gasteiger partial charge in [0.1, 0.15) is 34.8 Å². The minimum absolute atomic E-state index is 0.0356. The zero-order chi connectivity index (χ0) is 28.0. The maximum atomic E-state index is 15.4. The summed E-state index contributed by atoms with van der Waals surface area (Å²) in [5.74, 6) is 3.49.